The van der Waals surface area contributed by atoms with Gasteiger partial charge in [0.25, 0.3) is 11.8 Å². The predicted octanol–water partition coefficient (Wildman–Crippen LogP) is 1.80. The summed E-state index contributed by atoms with van der Waals surface area (Å²) in [5, 5.41) is 0. The number of rotatable bonds is 2. The van der Waals surface area contributed by atoms with Gasteiger partial charge in [0.2, 0.25) is 0 Å². The summed E-state index contributed by atoms with van der Waals surface area (Å²) in [6.07, 6.45) is -0.311. The molecule has 1 atom stereocenters. The van der Waals surface area contributed by atoms with Gasteiger partial charge >= 0.3 is 0 Å². The third kappa shape index (κ3) is 2.74. The Morgan fingerprint density at radius 1 is 1.57 bits per heavy atom. The van der Waals surface area contributed by atoms with E-state index in [0.29, 0.717) is 0 Å². The molecule has 1 amide bonds. The van der Waals surface area contributed by atoms with Crippen molar-refractivity contribution in [2.45, 2.75) is 31.3 Å². The van der Waals surface area contributed by atoms with E-state index in [2.05, 4.69) is 16.4 Å². The van der Waals surface area contributed by atoms with Crippen molar-refractivity contribution >= 4 is 28.5 Å². The van der Waals surface area contributed by atoms with Crippen LogP contribution in [0.1, 0.15) is 19.8 Å². The lowest BCUT2D eigenvalue weighted by Gasteiger charge is -2.35. The summed E-state index contributed by atoms with van der Waals surface area (Å²) in [5.74, 6) is -3.23. The minimum Gasteiger partial charge on any atom is -0.359 e. The molecule has 1 saturated heterocycles. The Bertz CT molecular complexity index is 228. The second-order valence-corrected chi connectivity index (χ2v) is 4.33. The molecule has 0 aromatic rings. The fourth-order valence-electron chi connectivity index (χ4n) is 1.16. The number of thiol groups is 1. The highest BCUT2D eigenvalue weighted by atomic mass is 33.1. The van der Waals surface area contributed by atoms with Gasteiger partial charge in [0, 0.05) is 17.4 Å². The first-order chi connectivity index (χ1) is 6.40. The van der Waals surface area contributed by atoms with Crippen molar-refractivity contribution in [3.05, 3.63) is 0 Å². The zero-order valence-electron chi connectivity index (χ0n) is 7.55. The first-order valence-electron chi connectivity index (χ1n) is 4.02. The maximum Gasteiger partial charge on any atom is 0.271 e. The maximum atomic E-state index is 12.7. The van der Waals surface area contributed by atoms with Gasteiger partial charge in [-0.1, -0.05) is 11.7 Å². The summed E-state index contributed by atoms with van der Waals surface area (Å²) < 4.78 is 32.7. The molecule has 1 N–H and O–H groups in total. The van der Waals surface area contributed by atoms with Crippen LogP contribution in [0.2, 0.25) is 0 Å². The SMILES string of the molecule is C[C@]1(C(=O)NSS)CCC(F)(F)CO1. The highest BCUT2D eigenvalue weighted by molar-refractivity contribution is 8.68. The highest BCUT2D eigenvalue weighted by Crippen LogP contribution is 2.34. The van der Waals surface area contributed by atoms with Crippen molar-refractivity contribution in [3.63, 3.8) is 0 Å². The van der Waals surface area contributed by atoms with E-state index >= 15 is 0 Å². The van der Waals surface area contributed by atoms with E-state index < -0.39 is 24.0 Å². The molecule has 0 aromatic carbocycles. The molecule has 0 aromatic heterocycles. The lowest BCUT2D eigenvalue weighted by atomic mass is 9.94. The zero-order valence-corrected chi connectivity index (χ0v) is 9.26. The van der Waals surface area contributed by atoms with E-state index in [1.807, 2.05) is 0 Å². The van der Waals surface area contributed by atoms with Crippen LogP contribution < -0.4 is 4.72 Å². The minimum atomic E-state index is -2.81. The van der Waals surface area contributed by atoms with Crippen molar-refractivity contribution in [1.29, 1.82) is 0 Å². The lowest BCUT2D eigenvalue weighted by Crippen LogP contribution is -2.50. The fraction of sp³-hybridized carbons (Fsp3) is 0.857. The van der Waals surface area contributed by atoms with Gasteiger partial charge in [0.1, 0.15) is 12.2 Å². The van der Waals surface area contributed by atoms with Gasteiger partial charge in [0.15, 0.2) is 0 Å². The average molecular weight is 243 g/mol. The quantitative estimate of drug-likeness (QED) is 0.441. The van der Waals surface area contributed by atoms with E-state index in [4.69, 9.17) is 4.74 Å². The van der Waals surface area contributed by atoms with E-state index in [-0.39, 0.29) is 12.8 Å². The van der Waals surface area contributed by atoms with Crippen molar-refractivity contribution in [2.24, 2.45) is 0 Å². The molecule has 1 aliphatic rings. The Balaban J connectivity index is 2.57. The van der Waals surface area contributed by atoms with Gasteiger partial charge in [-0.3, -0.25) is 9.52 Å². The molecule has 1 heterocycles. The second-order valence-electron chi connectivity index (χ2n) is 3.40. The molecule has 1 rings (SSSR count). The van der Waals surface area contributed by atoms with Crippen molar-refractivity contribution in [1.82, 2.24) is 4.72 Å². The second kappa shape index (κ2) is 4.24. The molecular formula is C7H11F2NO2S2. The average Bonchev–Trinajstić information content (AvgIpc) is 2.11. The van der Waals surface area contributed by atoms with Gasteiger partial charge in [-0.05, 0) is 13.3 Å². The molecule has 0 radical (unpaired) electrons. The number of carbonyl (C=O) groups is 1. The van der Waals surface area contributed by atoms with E-state index in [1.54, 1.807) is 0 Å². The van der Waals surface area contributed by atoms with E-state index in [1.165, 1.54) is 6.92 Å². The smallest absolute Gasteiger partial charge is 0.271 e. The number of alkyl halides is 2. The Morgan fingerprint density at radius 2 is 2.21 bits per heavy atom. The monoisotopic (exact) mass is 243 g/mol. The summed E-state index contributed by atoms with van der Waals surface area (Å²) >= 11 is 3.73. The standard InChI is InChI=1S/C7H11F2NO2S2/c1-6(5(11)10-14-13)2-3-7(8,9)4-12-6/h13H,2-4H2,1H3,(H,10,11)/t6-/m1/s1. The summed E-state index contributed by atoms with van der Waals surface area (Å²) in [5.41, 5.74) is -1.16. The normalized spacial score (nSPS) is 31.1. The molecule has 0 aliphatic carbocycles. The molecule has 7 heteroatoms. The van der Waals surface area contributed by atoms with Gasteiger partial charge in [-0.2, -0.15) is 0 Å². The molecular weight excluding hydrogens is 232 g/mol. The van der Waals surface area contributed by atoms with Crippen LogP contribution in [-0.4, -0.2) is 24.0 Å². The highest BCUT2D eigenvalue weighted by Gasteiger charge is 2.45. The van der Waals surface area contributed by atoms with Crippen LogP contribution in [0.25, 0.3) is 0 Å². The number of amides is 1. The summed E-state index contributed by atoms with van der Waals surface area (Å²) in [6, 6.07) is 0. The number of nitrogens with one attached hydrogen (secondary N) is 1. The maximum absolute atomic E-state index is 12.7. The molecule has 1 aliphatic heterocycles. The molecule has 0 saturated carbocycles. The van der Waals surface area contributed by atoms with Crippen LogP contribution in [0.4, 0.5) is 8.78 Å². The molecule has 0 unspecified atom stereocenters. The minimum absolute atomic E-state index is 0.0141. The molecule has 1 fully saturated rings. The summed E-state index contributed by atoms with van der Waals surface area (Å²) in [7, 11) is 0.829. The van der Waals surface area contributed by atoms with Crippen LogP contribution >= 0.6 is 22.6 Å². The van der Waals surface area contributed by atoms with Gasteiger partial charge < -0.3 is 4.74 Å². The third-order valence-electron chi connectivity index (χ3n) is 2.19. The summed E-state index contributed by atoms with van der Waals surface area (Å²) in [6.45, 7) is 0.801. The first-order valence-corrected chi connectivity index (χ1v) is 5.89. The number of carbonyl (C=O) groups excluding carboxylic acids is 1. The van der Waals surface area contributed by atoms with Crippen molar-refractivity contribution in [3.8, 4) is 0 Å². The Morgan fingerprint density at radius 3 is 2.64 bits per heavy atom. The summed E-state index contributed by atoms with van der Waals surface area (Å²) in [4.78, 5) is 11.4. The number of ether oxygens (including phenoxy) is 1. The Labute approximate surface area is 89.9 Å². The van der Waals surface area contributed by atoms with Crippen LogP contribution in [-0.2, 0) is 9.53 Å². The number of halogens is 2. The Hall–Kier alpha value is -0.0100. The fourth-order valence-corrected chi connectivity index (χ4v) is 1.71. The Kier molecular flexibility index (Phi) is 3.65. The van der Waals surface area contributed by atoms with E-state index in [9.17, 15) is 13.6 Å². The van der Waals surface area contributed by atoms with Crippen LogP contribution in [0.3, 0.4) is 0 Å². The number of hydrogen-bond acceptors (Lipinski definition) is 4. The van der Waals surface area contributed by atoms with Crippen LogP contribution in [0.5, 0.6) is 0 Å². The molecule has 82 valence electrons. The lowest BCUT2D eigenvalue weighted by molar-refractivity contribution is -0.188. The molecule has 0 spiro atoms. The van der Waals surface area contributed by atoms with Crippen molar-refractivity contribution < 1.29 is 18.3 Å². The largest absolute Gasteiger partial charge is 0.359 e. The molecule has 3 nitrogen and oxygen atoms in total. The topological polar surface area (TPSA) is 38.3 Å². The molecule has 0 bridgehead atoms. The van der Waals surface area contributed by atoms with Gasteiger partial charge in [-0.25, -0.2) is 8.78 Å². The van der Waals surface area contributed by atoms with E-state index in [0.717, 1.165) is 11.0 Å². The zero-order chi connectivity index (χ0) is 10.8. The van der Waals surface area contributed by atoms with Crippen LogP contribution in [0, 0.1) is 0 Å². The number of hydrogen-bond donors (Lipinski definition) is 2. The first kappa shape index (κ1) is 12.1. The van der Waals surface area contributed by atoms with Gasteiger partial charge in [0.05, 0.1) is 0 Å². The molecule has 14 heavy (non-hydrogen) atoms. The van der Waals surface area contributed by atoms with Crippen molar-refractivity contribution in [2.75, 3.05) is 6.61 Å². The predicted molar refractivity (Wildman–Crippen MR) is 53.3 cm³/mol. The van der Waals surface area contributed by atoms with Gasteiger partial charge in [-0.15, -0.1) is 0 Å². The third-order valence-corrected chi connectivity index (χ3v) is 2.74. The van der Waals surface area contributed by atoms with Crippen LogP contribution in [0.15, 0.2) is 0 Å².